The van der Waals surface area contributed by atoms with E-state index < -0.39 is 0 Å². The fraction of sp³-hybridized carbons (Fsp3) is 0.625. The zero-order chi connectivity index (χ0) is 16.2. The molecule has 0 amide bonds. The molecule has 7 heteroatoms. The molecule has 3 rings (SSSR count). The number of likely N-dealkylation sites (tertiary alicyclic amines) is 1. The maximum absolute atomic E-state index is 11.0. The third-order valence-corrected chi connectivity index (χ3v) is 4.47. The molecular formula is C16H22N2O5. The molecule has 1 atom stereocenters. The summed E-state index contributed by atoms with van der Waals surface area (Å²) in [5, 5.41) is 11.0. The molecule has 0 saturated carbocycles. The molecule has 2 saturated heterocycles. The fourth-order valence-electron chi connectivity index (χ4n) is 3.34. The quantitative estimate of drug-likeness (QED) is 0.612. The fourth-order valence-corrected chi connectivity index (χ4v) is 3.34. The zero-order valence-corrected chi connectivity index (χ0v) is 13.3. The molecule has 1 aromatic rings. The molecule has 0 N–H and O–H groups in total. The lowest BCUT2D eigenvalue weighted by Crippen LogP contribution is -2.46. The Hall–Kier alpha value is -1.70. The summed E-state index contributed by atoms with van der Waals surface area (Å²) in [6.45, 7) is 2.79. The van der Waals surface area contributed by atoms with Crippen molar-refractivity contribution in [1.82, 2.24) is 4.90 Å². The molecule has 126 valence electrons. The van der Waals surface area contributed by atoms with Crippen molar-refractivity contribution in [1.29, 1.82) is 0 Å². The second-order valence-electron chi connectivity index (χ2n) is 5.90. The average molecular weight is 322 g/mol. The Bertz CT molecular complexity index is 559. The van der Waals surface area contributed by atoms with Gasteiger partial charge < -0.3 is 14.2 Å². The molecule has 1 unspecified atom stereocenters. The summed E-state index contributed by atoms with van der Waals surface area (Å²) in [7, 11) is 1.58. The van der Waals surface area contributed by atoms with Crippen LogP contribution in [0.1, 0.15) is 24.8 Å². The summed E-state index contributed by atoms with van der Waals surface area (Å²) >= 11 is 0. The van der Waals surface area contributed by atoms with Gasteiger partial charge in [0, 0.05) is 24.2 Å². The maximum Gasteiger partial charge on any atom is 0.270 e. The van der Waals surface area contributed by atoms with Crippen LogP contribution in [0.5, 0.6) is 5.75 Å². The summed E-state index contributed by atoms with van der Waals surface area (Å²) in [4.78, 5) is 12.9. The van der Waals surface area contributed by atoms with Crippen LogP contribution in [0.3, 0.4) is 0 Å². The first-order valence-electron chi connectivity index (χ1n) is 7.97. The number of rotatable bonds is 5. The second kappa shape index (κ2) is 7.25. The first-order valence-corrected chi connectivity index (χ1v) is 7.97. The minimum Gasteiger partial charge on any atom is -0.496 e. The number of non-ortho nitro benzene ring substituents is 1. The van der Waals surface area contributed by atoms with Crippen LogP contribution in [0.4, 0.5) is 5.69 Å². The first-order chi connectivity index (χ1) is 11.2. The number of hydrogen-bond acceptors (Lipinski definition) is 6. The van der Waals surface area contributed by atoms with Gasteiger partial charge >= 0.3 is 0 Å². The largest absolute Gasteiger partial charge is 0.496 e. The molecule has 2 aliphatic rings. The molecule has 0 bridgehead atoms. The van der Waals surface area contributed by atoms with Crippen LogP contribution < -0.4 is 4.74 Å². The zero-order valence-electron chi connectivity index (χ0n) is 13.3. The van der Waals surface area contributed by atoms with Crippen LogP contribution in [0, 0.1) is 10.1 Å². The summed E-state index contributed by atoms with van der Waals surface area (Å²) in [5.74, 6) is 0.674. The van der Waals surface area contributed by atoms with Crippen LogP contribution in [-0.2, 0) is 16.0 Å². The lowest BCUT2D eigenvalue weighted by molar-refractivity contribution is -0.385. The topological polar surface area (TPSA) is 74.1 Å². The number of hydrogen-bond donors (Lipinski definition) is 0. The van der Waals surface area contributed by atoms with Crippen molar-refractivity contribution in [2.75, 3.05) is 26.9 Å². The Morgan fingerprint density at radius 1 is 1.35 bits per heavy atom. The van der Waals surface area contributed by atoms with E-state index in [1.807, 2.05) is 0 Å². The Labute approximate surface area is 135 Å². The monoisotopic (exact) mass is 322 g/mol. The molecule has 0 aliphatic carbocycles. The summed E-state index contributed by atoms with van der Waals surface area (Å²) < 4.78 is 16.7. The molecule has 2 aliphatic heterocycles. The minimum atomic E-state index is -0.375. The molecule has 2 heterocycles. The van der Waals surface area contributed by atoms with Crippen LogP contribution >= 0.6 is 0 Å². The van der Waals surface area contributed by atoms with E-state index in [9.17, 15) is 10.1 Å². The van der Waals surface area contributed by atoms with Gasteiger partial charge in [0.05, 0.1) is 31.3 Å². The second-order valence-corrected chi connectivity index (χ2v) is 5.90. The molecule has 0 radical (unpaired) electrons. The predicted molar refractivity (Wildman–Crippen MR) is 83.4 cm³/mol. The van der Waals surface area contributed by atoms with Crippen LogP contribution in [-0.4, -0.2) is 49.0 Å². The van der Waals surface area contributed by atoms with Crippen LogP contribution in [0.25, 0.3) is 0 Å². The van der Waals surface area contributed by atoms with E-state index in [-0.39, 0.29) is 22.9 Å². The number of nitro groups is 1. The van der Waals surface area contributed by atoms with Crippen molar-refractivity contribution in [2.24, 2.45) is 0 Å². The smallest absolute Gasteiger partial charge is 0.270 e. The van der Waals surface area contributed by atoms with Crippen molar-refractivity contribution < 1.29 is 19.1 Å². The van der Waals surface area contributed by atoms with Gasteiger partial charge in [0.25, 0.3) is 5.69 Å². The van der Waals surface area contributed by atoms with Crippen molar-refractivity contribution in [3.63, 3.8) is 0 Å². The highest BCUT2D eigenvalue weighted by molar-refractivity contribution is 5.43. The van der Waals surface area contributed by atoms with E-state index >= 15 is 0 Å². The normalized spacial score (nSPS) is 23.1. The predicted octanol–water partition coefficient (Wildman–Crippen LogP) is 2.33. The van der Waals surface area contributed by atoms with Gasteiger partial charge in [-0.25, -0.2) is 0 Å². The number of ether oxygens (including phenoxy) is 3. The summed E-state index contributed by atoms with van der Waals surface area (Å²) in [6, 6.07) is 4.92. The maximum atomic E-state index is 11.0. The molecule has 7 nitrogen and oxygen atoms in total. The highest BCUT2D eigenvalue weighted by Crippen LogP contribution is 2.30. The highest BCUT2D eigenvalue weighted by atomic mass is 16.7. The number of benzene rings is 1. The van der Waals surface area contributed by atoms with Gasteiger partial charge in [0.2, 0.25) is 0 Å². The number of nitro benzene ring substituents is 1. The van der Waals surface area contributed by atoms with E-state index in [0.717, 1.165) is 31.4 Å². The van der Waals surface area contributed by atoms with E-state index in [1.165, 1.54) is 6.07 Å². The number of piperidine rings is 1. The summed E-state index contributed by atoms with van der Waals surface area (Å²) in [6.07, 6.45) is 3.08. The SMILES string of the molecule is COc1ccc([N+](=O)[O-])cc1CN1CCCCC1C1OCCO1. The van der Waals surface area contributed by atoms with Gasteiger partial charge in [-0.2, -0.15) is 0 Å². The van der Waals surface area contributed by atoms with Crippen molar-refractivity contribution in [3.05, 3.63) is 33.9 Å². The van der Waals surface area contributed by atoms with Crippen LogP contribution in [0.15, 0.2) is 18.2 Å². The average Bonchev–Trinajstić information content (AvgIpc) is 3.09. The molecule has 0 aromatic heterocycles. The van der Waals surface area contributed by atoms with Gasteiger partial charge in [-0.1, -0.05) is 6.42 Å². The van der Waals surface area contributed by atoms with Gasteiger partial charge in [-0.05, 0) is 25.5 Å². The standard InChI is InChI=1S/C16H22N2O5/c1-21-15-6-5-13(18(19)20)10-12(15)11-17-7-3-2-4-14(17)16-22-8-9-23-16/h5-6,10,14,16H,2-4,7-9,11H2,1H3. The van der Waals surface area contributed by atoms with E-state index in [4.69, 9.17) is 14.2 Å². The highest BCUT2D eigenvalue weighted by Gasteiger charge is 2.34. The molecular weight excluding hydrogens is 300 g/mol. The third kappa shape index (κ3) is 3.63. The molecule has 1 aromatic carbocycles. The molecule has 23 heavy (non-hydrogen) atoms. The molecule has 0 spiro atoms. The Kier molecular flexibility index (Phi) is 5.09. The first kappa shape index (κ1) is 16.2. The number of nitrogens with zero attached hydrogens (tertiary/aromatic N) is 2. The van der Waals surface area contributed by atoms with Crippen molar-refractivity contribution in [3.8, 4) is 5.75 Å². The number of methoxy groups -OCH3 is 1. The van der Waals surface area contributed by atoms with E-state index in [0.29, 0.717) is 25.5 Å². The Morgan fingerprint density at radius 2 is 2.13 bits per heavy atom. The van der Waals surface area contributed by atoms with E-state index in [2.05, 4.69) is 4.90 Å². The van der Waals surface area contributed by atoms with E-state index in [1.54, 1.807) is 19.2 Å². The van der Waals surface area contributed by atoms with Gasteiger partial charge in [0.15, 0.2) is 6.29 Å². The van der Waals surface area contributed by atoms with Crippen molar-refractivity contribution >= 4 is 5.69 Å². The van der Waals surface area contributed by atoms with Crippen molar-refractivity contribution in [2.45, 2.75) is 38.1 Å². The minimum absolute atomic E-state index is 0.0859. The van der Waals surface area contributed by atoms with Gasteiger partial charge in [-0.3, -0.25) is 15.0 Å². The lowest BCUT2D eigenvalue weighted by Gasteiger charge is -2.38. The molecule has 2 fully saturated rings. The summed E-state index contributed by atoms with van der Waals surface area (Å²) in [5.41, 5.74) is 0.911. The van der Waals surface area contributed by atoms with Crippen LogP contribution in [0.2, 0.25) is 0 Å². The Balaban J connectivity index is 1.80. The van der Waals surface area contributed by atoms with Gasteiger partial charge in [-0.15, -0.1) is 0 Å². The lowest BCUT2D eigenvalue weighted by atomic mass is 10.00. The Morgan fingerprint density at radius 3 is 2.83 bits per heavy atom. The van der Waals surface area contributed by atoms with Gasteiger partial charge in [0.1, 0.15) is 5.75 Å². The third-order valence-electron chi connectivity index (χ3n) is 4.47.